The van der Waals surface area contributed by atoms with Crippen LogP contribution < -0.4 is 5.32 Å². The monoisotopic (exact) mass is 157 g/mol. The molecular weight excluding hydrogens is 145 g/mol. The maximum absolute atomic E-state index is 12.9. The van der Waals surface area contributed by atoms with Crippen LogP contribution in [0.3, 0.4) is 0 Å². The molecule has 0 aromatic rings. The van der Waals surface area contributed by atoms with Gasteiger partial charge in [-0.2, -0.15) is 0 Å². The second kappa shape index (κ2) is 3.42. The molecule has 0 atom stereocenters. The van der Waals surface area contributed by atoms with Crippen LogP contribution in [-0.4, -0.2) is 14.2 Å². The number of likely N-dealkylation sites (N-methyl/N-ethyl adjacent to an activating group) is 1. The van der Waals surface area contributed by atoms with Crippen molar-refractivity contribution in [1.82, 2.24) is 5.32 Å². The lowest BCUT2D eigenvalue weighted by Crippen LogP contribution is -2.13. The van der Waals surface area contributed by atoms with E-state index in [-0.39, 0.29) is 5.83 Å². The van der Waals surface area contributed by atoms with Gasteiger partial charge in [0.15, 0.2) is 0 Å². The number of methoxy groups -OCH3 is 1. The van der Waals surface area contributed by atoms with E-state index >= 15 is 0 Å². The minimum absolute atomic E-state index is 0.212. The van der Waals surface area contributed by atoms with Crippen molar-refractivity contribution < 1.29 is 9.13 Å². The van der Waals surface area contributed by atoms with Gasteiger partial charge in [0.25, 0.3) is 0 Å². The smallest absolute Gasteiger partial charge is 0.145 e. The summed E-state index contributed by atoms with van der Waals surface area (Å²) in [7, 11) is 3.25. The first kappa shape index (κ1) is 8.11. The van der Waals surface area contributed by atoms with E-state index < -0.39 is 0 Å². The molecule has 1 aliphatic rings. The number of hydrogen-bond donors (Lipinski definition) is 1. The van der Waals surface area contributed by atoms with Crippen LogP contribution in [0.25, 0.3) is 0 Å². The Morgan fingerprint density at radius 2 is 2.36 bits per heavy atom. The van der Waals surface area contributed by atoms with Crippen molar-refractivity contribution in [3.8, 4) is 0 Å². The number of hydrogen-bond acceptors (Lipinski definition) is 2. The van der Waals surface area contributed by atoms with Crippen molar-refractivity contribution in [2.24, 2.45) is 0 Å². The van der Waals surface area contributed by atoms with Crippen LogP contribution in [0.1, 0.15) is 12.8 Å². The maximum Gasteiger partial charge on any atom is 0.145 e. The zero-order valence-corrected chi connectivity index (χ0v) is 6.78. The molecule has 62 valence electrons. The summed E-state index contributed by atoms with van der Waals surface area (Å²) in [4.78, 5) is 0. The van der Waals surface area contributed by atoms with Crippen molar-refractivity contribution in [2.75, 3.05) is 14.2 Å². The average Bonchev–Trinajstić information content (AvgIpc) is 2.04. The van der Waals surface area contributed by atoms with Crippen molar-refractivity contribution in [2.45, 2.75) is 12.8 Å². The van der Waals surface area contributed by atoms with Crippen LogP contribution in [0, 0.1) is 0 Å². The first-order chi connectivity index (χ1) is 5.29. The molecule has 0 saturated carbocycles. The van der Waals surface area contributed by atoms with Gasteiger partial charge in [0.2, 0.25) is 0 Å². The summed E-state index contributed by atoms with van der Waals surface area (Å²) < 4.78 is 17.9. The average molecular weight is 157 g/mol. The second-order valence-corrected chi connectivity index (χ2v) is 2.34. The topological polar surface area (TPSA) is 21.3 Å². The van der Waals surface area contributed by atoms with E-state index in [1.165, 1.54) is 0 Å². The summed E-state index contributed by atoms with van der Waals surface area (Å²) in [5.74, 6) is 0.489. The van der Waals surface area contributed by atoms with E-state index in [0.29, 0.717) is 11.5 Å². The molecule has 1 rings (SSSR count). The molecular formula is C8H12FNO. The number of nitrogens with one attached hydrogen (secondary N) is 1. The lowest BCUT2D eigenvalue weighted by Gasteiger charge is -2.15. The van der Waals surface area contributed by atoms with Crippen molar-refractivity contribution >= 4 is 0 Å². The number of ether oxygens (including phenoxy) is 1. The minimum atomic E-state index is -0.212. The SMILES string of the molecule is CNC1=C(OC)CCC=C1F. The molecule has 11 heavy (non-hydrogen) atoms. The summed E-state index contributed by atoms with van der Waals surface area (Å²) in [6.45, 7) is 0. The van der Waals surface area contributed by atoms with Crippen molar-refractivity contribution in [1.29, 1.82) is 0 Å². The van der Waals surface area contributed by atoms with Crippen LogP contribution in [-0.2, 0) is 4.74 Å². The van der Waals surface area contributed by atoms with E-state index in [1.807, 2.05) is 0 Å². The highest BCUT2D eigenvalue weighted by Crippen LogP contribution is 2.23. The van der Waals surface area contributed by atoms with Gasteiger partial charge in [-0.3, -0.25) is 0 Å². The summed E-state index contributed by atoms with van der Waals surface area (Å²) in [5, 5.41) is 2.77. The Morgan fingerprint density at radius 3 is 2.82 bits per heavy atom. The summed E-state index contributed by atoms with van der Waals surface area (Å²) >= 11 is 0. The molecule has 2 nitrogen and oxygen atoms in total. The van der Waals surface area contributed by atoms with Gasteiger partial charge >= 0.3 is 0 Å². The first-order valence-electron chi connectivity index (χ1n) is 3.60. The van der Waals surface area contributed by atoms with E-state index in [4.69, 9.17) is 4.74 Å². The molecule has 0 bridgehead atoms. The predicted molar refractivity (Wildman–Crippen MR) is 41.5 cm³/mol. The van der Waals surface area contributed by atoms with Gasteiger partial charge < -0.3 is 10.1 Å². The predicted octanol–water partition coefficient (Wildman–Crippen LogP) is 1.71. The normalized spacial score (nSPS) is 17.9. The third-order valence-electron chi connectivity index (χ3n) is 1.71. The standard InChI is InChI=1S/C8H12FNO/c1-10-8-6(9)4-3-5-7(8)11-2/h4,10H,3,5H2,1-2H3. The van der Waals surface area contributed by atoms with Crippen LogP contribution >= 0.6 is 0 Å². The molecule has 0 radical (unpaired) electrons. The van der Waals surface area contributed by atoms with Gasteiger partial charge in [0.05, 0.1) is 7.11 Å². The highest BCUT2D eigenvalue weighted by atomic mass is 19.1. The van der Waals surface area contributed by atoms with Gasteiger partial charge in [0.1, 0.15) is 17.3 Å². The number of rotatable bonds is 2. The van der Waals surface area contributed by atoms with E-state index in [0.717, 1.165) is 12.8 Å². The van der Waals surface area contributed by atoms with Crippen LogP contribution in [0.2, 0.25) is 0 Å². The van der Waals surface area contributed by atoms with Crippen LogP contribution in [0.4, 0.5) is 4.39 Å². The molecule has 0 amide bonds. The van der Waals surface area contributed by atoms with Gasteiger partial charge in [-0.05, 0) is 12.5 Å². The molecule has 0 aromatic heterocycles. The van der Waals surface area contributed by atoms with Gasteiger partial charge in [-0.15, -0.1) is 0 Å². The molecule has 0 unspecified atom stereocenters. The molecule has 0 aromatic carbocycles. The van der Waals surface area contributed by atoms with Gasteiger partial charge in [-0.1, -0.05) is 0 Å². The molecule has 0 heterocycles. The Balaban J connectivity index is 2.88. The van der Waals surface area contributed by atoms with E-state index in [2.05, 4.69) is 5.32 Å². The molecule has 3 heteroatoms. The lowest BCUT2D eigenvalue weighted by molar-refractivity contribution is 0.266. The summed E-state index contributed by atoms with van der Waals surface area (Å²) in [6, 6.07) is 0. The summed E-state index contributed by atoms with van der Waals surface area (Å²) in [5.41, 5.74) is 0.485. The largest absolute Gasteiger partial charge is 0.499 e. The highest BCUT2D eigenvalue weighted by molar-refractivity contribution is 5.29. The quantitative estimate of drug-likeness (QED) is 0.658. The Labute approximate surface area is 65.7 Å². The Bertz CT molecular complexity index is 208. The van der Waals surface area contributed by atoms with E-state index in [9.17, 15) is 4.39 Å². The Morgan fingerprint density at radius 1 is 1.64 bits per heavy atom. The molecule has 0 spiro atoms. The fourth-order valence-electron chi connectivity index (χ4n) is 1.15. The highest BCUT2D eigenvalue weighted by Gasteiger charge is 2.14. The molecule has 1 aliphatic carbocycles. The zero-order chi connectivity index (χ0) is 8.27. The fraction of sp³-hybridized carbons (Fsp3) is 0.500. The molecule has 0 saturated heterocycles. The Kier molecular flexibility index (Phi) is 2.52. The van der Waals surface area contributed by atoms with Gasteiger partial charge in [-0.25, -0.2) is 4.39 Å². The number of halogens is 1. The minimum Gasteiger partial charge on any atom is -0.499 e. The zero-order valence-electron chi connectivity index (χ0n) is 6.78. The van der Waals surface area contributed by atoms with Crippen molar-refractivity contribution in [3.63, 3.8) is 0 Å². The molecule has 0 fully saturated rings. The molecule has 1 N–H and O–H groups in total. The maximum atomic E-state index is 12.9. The van der Waals surface area contributed by atoms with Crippen molar-refractivity contribution in [3.05, 3.63) is 23.4 Å². The van der Waals surface area contributed by atoms with Crippen LogP contribution in [0.15, 0.2) is 23.4 Å². The molecule has 0 aliphatic heterocycles. The van der Waals surface area contributed by atoms with Crippen LogP contribution in [0.5, 0.6) is 0 Å². The lowest BCUT2D eigenvalue weighted by atomic mass is 10.1. The third-order valence-corrected chi connectivity index (χ3v) is 1.71. The van der Waals surface area contributed by atoms with E-state index in [1.54, 1.807) is 20.2 Å². The second-order valence-electron chi connectivity index (χ2n) is 2.34. The summed E-state index contributed by atoms with van der Waals surface area (Å²) in [6.07, 6.45) is 3.06. The van der Waals surface area contributed by atoms with Gasteiger partial charge in [0, 0.05) is 13.5 Å². The Hall–Kier alpha value is -0.990. The third kappa shape index (κ3) is 1.53. The number of allylic oxidation sites excluding steroid dienone is 3. The fourth-order valence-corrected chi connectivity index (χ4v) is 1.15. The first-order valence-corrected chi connectivity index (χ1v) is 3.60.